The third-order valence-electron chi connectivity index (χ3n) is 3.16. The van der Waals surface area contributed by atoms with Crippen LogP contribution in [-0.4, -0.2) is 77.9 Å². The molecule has 1 saturated heterocycles. The van der Waals surface area contributed by atoms with Gasteiger partial charge in [0.1, 0.15) is 0 Å². The van der Waals surface area contributed by atoms with Gasteiger partial charge in [0.2, 0.25) is 5.91 Å². The SMILES string of the molecule is CC(C)(CNCCC(N)=O)N1CCOCC1.O=C(O)C(=O)O. The molecule has 1 aliphatic heterocycles. The van der Waals surface area contributed by atoms with Crippen molar-refractivity contribution in [3.8, 4) is 0 Å². The Morgan fingerprint density at radius 3 is 2.09 bits per heavy atom. The number of hydrogen-bond acceptors (Lipinski definition) is 6. The Bertz CT molecular complexity index is 368. The standard InChI is InChI=1S/C11H23N3O2.C2H2O4/c1-11(2,9-13-4-3-10(12)15)14-5-7-16-8-6-14;3-1(4)2(5)6/h13H,3-9H2,1-2H3,(H2,12,15);(H,3,4)(H,5,6). The van der Waals surface area contributed by atoms with E-state index in [0.29, 0.717) is 13.0 Å². The van der Waals surface area contributed by atoms with Crippen LogP contribution in [0.5, 0.6) is 0 Å². The number of aliphatic carboxylic acids is 2. The minimum absolute atomic E-state index is 0.0986. The van der Waals surface area contributed by atoms with E-state index in [4.69, 9.17) is 30.3 Å². The highest BCUT2D eigenvalue weighted by Gasteiger charge is 2.27. The van der Waals surface area contributed by atoms with Crippen molar-refractivity contribution in [2.75, 3.05) is 39.4 Å². The van der Waals surface area contributed by atoms with Crippen molar-refractivity contribution >= 4 is 17.8 Å². The van der Waals surface area contributed by atoms with Gasteiger partial charge in [-0.1, -0.05) is 0 Å². The number of nitrogens with one attached hydrogen (secondary N) is 1. The molecule has 0 aliphatic carbocycles. The van der Waals surface area contributed by atoms with E-state index in [2.05, 4.69) is 24.1 Å². The van der Waals surface area contributed by atoms with Gasteiger partial charge in [-0.2, -0.15) is 0 Å². The Morgan fingerprint density at radius 2 is 1.68 bits per heavy atom. The number of primary amides is 1. The first kappa shape index (κ1) is 20.3. The van der Waals surface area contributed by atoms with Gasteiger partial charge in [-0.25, -0.2) is 9.59 Å². The summed E-state index contributed by atoms with van der Waals surface area (Å²) in [5.74, 6) is -3.90. The third-order valence-corrected chi connectivity index (χ3v) is 3.16. The van der Waals surface area contributed by atoms with Crippen LogP contribution in [0.3, 0.4) is 0 Å². The molecule has 1 fully saturated rings. The maximum atomic E-state index is 10.6. The first-order valence-corrected chi connectivity index (χ1v) is 6.95. The molecule has 0 atom stereocenters. The molecule has 0 spiro atoms. The quantitative estimate of drug-likeness (QED) is 0.350. The molecule has 9 heteroatoms. The minimum atomic E-state index is -1.82. The van der Waals surface area contributed by atoms with Crippen LogP contribution in [0.4, 0.5) is 0 Å². The summed E-state index contributed by atoms with van der Waals surface area (Å²) in [5.41, 5.74) is 5.18. The van der Waals surface area contributed by atoms with Crippen LogP contribution in [-0.2, 0) is 19.1 Å². The summed E-state index contributed by atoms with van der Waals surface area (Å²) in [4.78, 5) is 31.2. The van der Waals surface area contributed by atoms with Gasteiger partial charge in [0.15, 0.2) is 0 Å². The second kappa shape index (κ2) is 10.1. The van der Waals surface area contributed by atoms with Crippen molar-refractivity contribution in [2.24, 2.45) is 5.73 Å². The predicted molar refractivity (Wildman–Crippen MR) is 78.4 cm³/mol. The average Bonchev–Trinajstić information content (AvgIpc) is 2.45. The number of carboxylic acids is 2. The molecule has 0 aromatic heterocycles. The largest absolute Gasteiger partial charge is 0.473 e. The molecule has 0 radical (unpaired) electrons. The zero-order valence-corrected chi connectivity index (χ0v) is 13.0. The molecular weight excluding hydrogens is 294 g/mol. The smallest absolute Gasteiger partial charge is 0.414 e. The van der Waals surface area contributed by atoms with Crippen LogP contribution in [0.25, 0.3) is 0 Å². The fraction of sp³-hybridized carbons (Fsp3) is 0.769. The fourth-order valence-corrected chi connectivity index (χ4v) is 1.89. The number of morpholine rings is 1. The lowest BCUT2D eigenvalue weighted by Crippen LogP contribution is -2.54. The van der Waals surface area contributed by atoms with Crippen LogP contribution in [0.15, 0.2) is 0 Å². The lowest BCUT2D eigenvalue weighted by Gasteiger charge is -2.41. The van der Waals surface area contributed by atoms with Crippen molar-refractivity contribution < 1.29 is 29.3 Å². The normalized spacial score (nSPS) is 15.5. The molecule has 22 heavy (non-hydrogen) atoms. The maximum Gasteiger partial charge on any atom is 0.414 e. The van der Waals surface area contributed by atoms with Gasteiger partial charge in [-0.05, 0) is 13.8 Å². The summed E-state index contributed by atoms with van der Waals surface area (Å²) in [7, 11) is 0. The summed E-state index contributed by atoms with van der Waals surface area (Å²) in [6.45, 7) is 9.50. The molecule has 5 N–H and O–H groups in total. The number of ether oxygens (including phenoxy) is 1. The number of carbonyl (C=O) groups excluding carboxylic acids is 1. The predicted octanol–water partition coefficient (Wildman–Crippen LogP) is -1.28. The molecule has 1 rings (SSSR count). The lowest BCUT2D eigenvalue weighted by atomic mass is 10.0. The number of amides is 1. The lowest BCUT2D eigenvalue weighted by molar-refractivity contribution is -0.159. The molecule has 0 aromatic rings. The zero-order chi connectivity index (χ0) is 17.2. The van der Waals surface area contributed by atoms with Gasteiger partial charge in [-0.3, -0.25) is 9.69 Å². The molecule has 1 heterocycles. The highest BCUT2D eigenvalue weighted by molar-refractivity contribution is 6.27. The number of carbonyl (C=O) groups is 3. The van der Waals surface area contributed by atoms with E-state index in [-0.39, 0.29) is 11.4 Å². The summed E-state index contributed by atoms with van der Waals surface area (Å²) < 4.78 is 5.33. The van der Waals surface area contributed by atoms with E-state index in [1.807, 2.05) is 0 Å². The number of hydrogen-bond donors (Lipinski definition) is 4. The van der Waals surface area contributed by atoms with Crippen molar-refractivity contribution in [2.45, 2.75) is 25.8 Å². The second-order valence-corrected chi connectivity index (χ2v) is 5.42. The van der Waals surface area contributed by atoms with Crippen molar-refractivity contribution in [1.29, 1.82) is 0 Å². The van der Waals surface area contributed by atoms with Gasteiger partial charge >= 0.3 is 11.9 Å². The van der Waals surface area contributed by atoms with E-state index in [1.165, 1.54) is 0 Å². The molecule has 0 unspecified atom stereocenters. The van der Waals surface area contributed by atoms with Crippen LogP contribution >= 0.6 is 0 Å². The van der Waals surface area contributed by atoms with Crippen molar-refractivity contribution in [3.63, 3.8) is 0 Å². The summed E-state index contributed by atoms with van der Waals surface area (Å²) in [6.07, 6.45) is 0.402. The average molecular weight is 319 g/mol. The molecular formula is C13H25N3O6. The fourth-order valence-electron chi connectivity index (χ4n) is 1.89. The van der Waals surface area contributed by atoms with Crippen LogP contribution in [0.2, 0.25) is 0 Å². The summed E-state index contributed by atoms with van der Waals surface area (Å²) in [5, 5.41) is 18.1. The highest BCUT2D eigenvalue weighted by Crippen LogP contribution is 2.14. The Hall–Kier alpha value is -1.71. The molecule has 128 valence electrons. The van der Waals surface area contributed by atoms with Crippen molar-refractivity contribution in [3.05, 3.63) is 0 Å². The van der Waals surface area contributed by atoms with E-state index < -0.39 is 11.9 Å². The Balaban J connectivity index is 0.000000626. The molecule has 0 aromatic carbocycles. The van der Waals surface area contributed by atoms with E-state index >= 15 is 0 Å². The van der Waals surface area contributed by atoms with Gasteiger partial charge in [0, 0.05) is 38.1 Å². The molecule has 9 nitrogen and oxygen atoms in total. The molecule has 0 saturated carbocycles. The van der Waals surface area contributed by atoms with Crippen LogP contribution < -0.4 is 11.1 Å². The summed E-state index contributed by atoms with van der Waals surface area (Å²) in [6, 6.07) is 0. The van der Waals surface area contributed by atoms with Crippen LogP contribution in [0.1, 0.15) is 20.3 Å². The van der Waals surface area contributed by atoms with Gasteiger partial charge in [0.05, 0.1) is 13.2 Å². The van der Waals surface area contributed by atoms with Gasteiger partial charge in [0.25, 0.3) is 0 Å². The maximum absolute atomic E-state index is 10.6. The topological polar surface area (TPSA) is 142 Å². The highest BCUT2D eigenvalue weighted by atomic mass is 16.5. The van der Waals surface area contributed by atoms with Crippen molar-refractivity contribution in [1.82, 2.24) is 10.2 Å². The van der Waals surface area contributed by atoms with Gasteiger partial charge < -0.3 is 26.0 Å². The number of nitrogens with two attached hydrogens (primary N) is 1. The van der Waals surface area contributed by atoms with E-state index in [0.717, 1.165) is 32.8 Å². The molecule has 0 bridgehead atoms. The second-order valence-electron chi connectivity index (χ2n) is 5.42. The number of carboxylic acid groups (broad SMARTS) is 2. The first-order chi connectivity index (χ1) is 10.2. The van der Waals surface area contributed by atoms with Crippen LogP contribution in [0, 0.1) is 0 Å². The zero-order valence-electron chi connectivity index (χ0n) is 13.0. The Morgan fingerprint density at radius 1 is 1.18 bits per heavy atom. The molecule has 1 aliphatic rings. The van der Waals surface area contributed by atoms with E-state index in [1.54, 1.807) is 0 Å². The molecule has 1 amide bonds. The third kappa shape index (κ3) is 9.27. The minimum Gasteiger partial charge on any atom is -0.473 e. The number of nitrogens with zero attached hydrogens (tertiary/aromatic N) is 1. The monoisotopic (exact) mass is 319 g/mol. The van der Waals surface area contributed by atoms with E-state index in [9.17, 15) is 4.79 Å². The van der Waals surface area contributed by atoms with Gasteiger partial charge in [-0.15, -0.1) is 0 Å². The Kier molecular flexibility index (Phi) is 9.31. The number of rotatable bonds is 6. The Labute approximate surface area is 129 Å². The first-order valence-electron chi connectivity index (χ1n) is 6.95. The summed E-state index contributed by atoms with van der Waals surface area (Å²) >= 11 is 0.